The van der Waals surface area contributed by atoms with E-state index in [1.54, 1.807) is 53.4 Å². The molecule has 0 unspecified atom stereocenters. The van der Waals surface area contributed by atoms with E-state index >= 15 is 0 Å². The highest BCUT2D eigenvalue weighted by molar-refractivity contribution is 6.31. The molecule has 0 radical (unpaired) electrons. The first-order chi connectivity index (χ1) is 16.2. The van der Waals surface area contributed by atoms with Crippen molar-refractivity contribution in [2.75, 3.05) is 10.2 Å². The van der Waals surface area contributed by atoms with Crippen molar-refractivity contribution < 1.29 is 14.8 Å². The van der Waals surface area contributed by atoms with Gasteiger partial charge in [0.05, 0.1) is 5.54 Å². The van der Waals surface area contributed by atoms with Crippen molar-refractivity contribution in [3.63, 3.8) is 0 Å². The van der Waals surface area contributed by atoms with Gasteiger partial charge in [0.25, 0.3) is 0 Å². The minimum absolute atomic E-state index is 0.305. The van der Waals surface area contributed by atoms with Crippen LogP contribution in [-0.4, -0.2) is 38.9 Å². The molecule has 1 aliphatic heterocycles. The molecule has 1 atom stereocenters. The van der Waals surface area contributed by atoms with E-state index in [2.05, 4.69) is 5.32 Å². The second-order valence-electron chi connectivity index (χ2n) is 8.51. The summed E-state index contributed by atoms with van der Waals surface area (Å²) in [6.07, 6.45) is -1.03. The maximum Gasteiger partial charge on any atom is 0.347 e. The zero-order valence-electron chi connectivity index (χ0n) is 18.7. The predicted molar refractivity (Wildman–Crippen MR) is 133 cm³/mol. The Labute approximate surface area is 208 Å². The monoisotopic (exact) mass is 498 g/mol. The minimum Gasteiger partial charge on any atom is -0.311 e. The molecular weight excluding hydrogens is 475 g/mol. The first-order valence-corrected chi connectivity index (χ1v) is 11.4. The molecule has 34 heavy (non-hydrogen) atoms. The van der Waals surface area contributed by atoms with Gasteiger partial charge in [0, 0.05) is 28.0 Å². The molecule has 4 amide bonds. The van der Waals surface area contributed by atoms with Crippen LogP contribution in [-0.2, 0) is 6.54 Å². The summed E-state index contributed by atoms with van der Waals surface area (Å²) in [4.78, 5) is 29.8. The highest BCUT2D eigenvalue weighted by Crippen LogP contribution is 2.39. The van der Waals surface area contributed by atoms with Crippen molar-refractivity contribution in [1.82, 2.24) is 9.96 Å². The molecule has 4 rings (SSSR count). The van der Waals surface area contributed by atoms with E-state index in [0.29, 0.717) is 33.0 Å². The SMILES string of the molecule is CC1(C)[C@@H](N(O)C(=O)Nc2ccc(Cl)cc2)N(c2ccc(Cl)cc2)C(=O)N1Cc1ccccc1. The van der Waals surface area contributed by atoms with E-state index in [0.717, 1.165) is 5.56 Å². The van der Waals surface area contributed by atoms with Crippen LogP contribution < -0.4 is 10.2 Å². The second-order valence-corrected chi connectivity index (χ2v) is 9.38. The highest BCUT2D eigenvalue weighted by atomic mass is 35.5. The summed E-state index contributed by atoms with van der Waals surface area (Å²) < 4.78 is 0. The number of rotatable bonds is 5. The Kier molecular flexibility index (Phi) is 6.70. The Morgan fingerprint density at radius 1 is 0.971 bits per heavy atom. The first kappa shape index (κ1) is 23.9. The predicted octanol–water partition coefficient (Wildman–Crippen LogP) is 6.46. The number of anilines is 2. The average Bonchev–Trinajstić information content (AvgIpc) is 3.01. The van der Waals surface area contributed by atoms with Crippen LogP contribution in [0.25, 0.3) is 0 Å². The first-order valence-electron chi connectivity index (χ1n) is 10.6. The van der Waals surface area contributed by atoms with E-state index in [4.69, 9.17) is 23.2 Å². The highest BCUT2D eigenvalue weighted by Gasteiger charge is 2.56. The maximum absolute atomic E-state index is 13.7. The van der Waals surface area contributed by atoms with Crippen molar-refractivity contribution in [3.8, 4) is 0 Å². The van der Waals surface area contributed by atoms with Crippen LogP contribution >= 0.6 is 23.2 Å². The van der Waals surface area contributed by atoms with Gasteiger partial charge in [-0.25, -0.2) is 9.59 Å². The Hall–Kier alpha value is -3.26. The van der Waals surface area contributed by atoms with Crippen LogP contribution in [0.3, 0.4) is 0 Å². The van der Waals surface area contributed by atoms with E-state index in [1.165, 1.54) is 4.90 Å². The number of hydrogen-bond donors (Lipinski definition) is 2. The lowest BCUT2D eigenvalue weighted by molar-refractivity contribution is -0.0954. The smallest absolute Gasteiger partial charge is 0.311 e. The largest absolute Gasteiger partial charge is 0.347 e. The number of carbonyl (C=O) groups is 2. The van der Waals surface area contributed by atoms with Gasteiger partial charge in [-0.3, -0.25) is 10.1 Å². The van der Waals surface area contributed by atoms with Gasteiger partial charge < -0.3 is 10.2 Å². The molecule has 7 nitrogen and oxygen atoms in total. The fourth-order valence-electron chi connectivity index (χ4n) is 4.06. The molecule has 0 aliphatic carbocycles. The van der Waals surface area contributed by atoms with Gasteiger partial charge in [-0.2, -0.15) is 5.06 Å². The van der Waals surface area contributed by atoms with Crippen molar-refractivity contribution in [3.05, 3.63) is 94.5 Å². The molecule has 3 aromatic carbocycles. The molecule has 1 aliphatic rings. The van der Waals surface area contributed by atoms with E-state index in [1.807, 2.05) is 44.2 Å². The molecule has 1 fully saturated rings. The number of benzene rings is 3. The number of hydrogen-bond acceptors (Lipinski definition) is 3. The van der Waals surface area contributed by atoms with Gasteiger partial charge in [-0.1, -0.05) is 53.5 Å². The number of halogens is 2. The summed E-state index contributed by atoms with van der Waals surface area (Å²) in [5.41, 5.74) is 0.922. The van der Waals surface area contributed by atoms with Gasteiger partial charge in [0.15, 0.2) is 6.17 Å². The molecule has 1 heterocycles. The van der Waals surface area contributed by atoms with Crippen molar-refractivity contribution in [2.45, 2.75) is 32.1 Å². The summed E-state index contributed by atoms with van der Waals surface area (Å²) in [6, 6.07) is 21.6. The molecular formula is C25H24Cl2N4O3. The van der Waals surface area contributed by atoms with Crippen molar-refractivity contribution in [2.24, 2.45) is 0 Å². The molecule has 1 saturated heterocycles. The van der Waals surface area contributed by atoms with Crippen LogP contribution in [0.2, 0.25) is 10.0 Å². The summed E-state index contributed by atoms with van der Waals surface area (Å²) in [7, 11) is 0. The third kappa shape index (κ3) is 4.68. The molecule has 0 bridgehead atoms. The van der Waals surface area contributed by atoms with E-state index in [9.17, 15) is 14.8 Å². The Morgan fingerprint density at radius 2 is 1.53 bits per heavy atom. The van der Waals surface area contributed by atoms with Gasteiger partial charge >= 0.3 is 12.1 Å². The lowest BCUT2D eigenvalue weighted by atomic mass is 9.99. The summed E-state index contributed by atoms with van der Waals surface area (Å²) in [5.74, 6) is 0. The molecule has 0 aromatic heterocycles. The van der Waals surface area contributed by atoms with Crippen LogP contribution in [0, 0.1) is 0 Å². The molecule has 3 aromatic rings. The normalized spacial score (nSPS) is 17.1. The minimum atomic E-state index is -1.03. The quantitative estimate of drug-likeness (QED) is 0.312. The number of carbonyl (C=O) groups excluding carboxylic acids is 2. The number of urea groups is 2. The van der Waals surface area contributed by atoms with Crippen LogP contribution in [0.1, 0.15) is 19.4 Å². The summed E-state index contributed by atoms with van der Waals surface area (Å²) in [6.45, 7) is 3.93. The molecule has 9 heteroatoms. The average molecular weight is 499 g/mol. The molecule has 0 saturated carbocycles. The Bertz CT molecular complexity index is 1170. The lowest BCUT2D eigenvalue weighted by Gasteiger charge is -2.38. The summed E-state index contributed by atoms with van der Waals surface area (Å²) in [5, 5.41) is 15.3. The molecule has 176 valence electrons. The molecule has 2 N–H and O–H groups in total. The van der Waals surface area contributed by atoms with Gasteiger partial charge in [0.2, 0.25) is 0 Å². The van der Waals surface area contributed by atoms with Crippen molar-refractivity contribution >= 4 is 46.6 Å². The topological polar surface area (TPSA) is 76.1 Å². The number of amides is 4. The van der Waals surface area contributed by atoms with Gasteiger partial charge in [-0.15, -0.1) is 0 Å². The van der Waals surface area contributed by atoms with Crippen LogP contribution in [0.15, 0.2) is 78.9 Å². The fourth-order valence-corrected chi connectivity index (χ4v) is 4.31. The third-order valence-electron chi connectivity index (χ3n) is 5.83. The Balaban J connectivity index is 1.69. The second kappa shape index (κ2) is 9.54. The van der Waals surface area contributed by atoms with Gasteiger partial charge in [-0.05, 0) is 67.9 Å². The number of hydroxylamine groups is 2. The zero-order valence-corrected chi connectivity index (χ0v) is 20.2. The number of nitrogens with one attached hydrogen (secondary N) is 1. The lowest BCUT2D eigenvalue weighted by Crippen LogP contribution is -2.58. The fraction of sp³-hybridized carbons (Fsp3) is 0.200. The van der Waals surface area contributed by atoms with Crippen LogP contribution in [0.4, 0.5) is 21.0 Å². The standard InChI is InChI=1S/C25H24Cl2N4O3/c1-25(2)22(31(34)23(32)28-20-12-8-18(26)9-13-20)30(21-14-10-19(27)11-15-21)24(33)29(25)16-17-6-4-3-5-7-17/h3-15,22,34H,16H2,1-2H3,(H,28,32)/t22-/m1/s1. The molecule has 0 spiro atoms. The van der Waals surface area contributed by atoms with Gasteiger partial charge in [0.1, 0.15) is 0 Å². The zero-order chi connectivity index (χ0) is 24.5. The van der Waals surface area contributed by atoms with Crippen molar-refractivity contribution in [1.29, 1.82) is 0 Å². The Morgan fingerprint density at radius 3 is 2.12 bits per heavy atom. The maximum atomic E-state index is 13.7. The van der Waals surface area contributed by atoms with E-state index in [-0.39, 0.29) is 6.03 Å². The summed E-state index contributed by atoms with van der Waals surface area (Å²) >= 11 is 12.0. The third-order valence-corrected chi connectivity index (χ3v) is 6.34. The van der Waals surface area contributed by atoms with E-state index < -0.39 is 17.7 Å². The number of nitrogens with zero attached hydrogens (tertiary/aromatic N) is 3. The van der Waals surface area contributed by atoms with Crippen LogP contribution in [0.5, 0.6) is 0 Å².